The first-order valence-corrected chi connectivity index (χ1v) is 9.22. The Morgan fingerprint density at radius 1 is 1.12 bits per heavy atom. The van der Waals surface area contributed by atoms with E-state index in [1.54, 1.807) is 6.07 Å². The summed E-state index contributed by atoms with van der Waals surface area (Å²) in [7, 11) is 1.98. The lowest BCUT2D eigenvalue weighted by molar-refractivity contribution is -0.274. The fourth-order valence-electron chi connectivity index (χ4n) is 2.17. The van der Waals surface area contributed by atoms with E-state index in [9.17, 15) is 13.2 Å². The summed E-state index contributed by atoms with van der Waals surface area (Å²) in [4.78, 5) is 11.0. The van der Waals surface area contributed by atoms with Crippen molar-refractivity contribution in [1.29, 1.82) is 0 Å². The molecule has 1 aromatic carbocycles. The molecule has 6 heteroatoms. The monoisotopic (exact) mass is 379 g/mol. The number of hydrogen-bond donors (Lipinski definition) is 0. The molecular weight excluding hydrogens is 343 g/mol. The van der Waals surface area contributed by atoms with Crippen LogP contribution in [0.25, 0.3) is 0 Å². The highest BCUT2D eigenvalue weighted by Crippen LogP contribution is 2.24. The lowest BCUT2D eigenvalue weighted by atomic mass is 10.1. The van der Waals surface area contributed by atoms with E-state index in [2.05, 4.69) is 23.5 Å². The van der Waals surface area contributed by atoms with Gasteiger partial charge in [-0.2, -0.15) is 0 Å². The molecule has 0 heterocycles. The SMILES string of the molecule is CC.CC.CC=O.CCC(CC)N(C)Cc1cccc(OC(F)(F)F)c1. The zero-order chi connectivity index (χ0) is 21.2. The first kappa shape index (κ1) is 29.2. The maximum Gasteiger partial charge on any atom is 0.573 e. The van der Waals surface area contributed by atoms with E-state index in [0.717, 1.165) is 24.7 Å². The fourth-order valence-corrected chi connectivity index (χ4v) is 2.17. The molecule has 0 radical (unpaired) electrons. The molecule has 0 aromatic heterocycles. The van der Waals surface area contributed by atoms with Gasteiger partial charge in [0.05, 0.1) is 0 Å². The van der Waals surface area contributed by atoms with E-state index < -0.39 is 6.36 Å². The van der Waals surface area contributed by atoms with Gasteiger partial charge < -0.3 is 9.53 Å². The first-order chi connectivity index (χ1) is 12.3. The number of nitrogens with zero attached hydrogens (tertiary/aromatic N) is 1. The highest BCUT2D eigenvalue weighted by atomic mass is 19.4. The number of rotatable bonds is 6. The molecule has 3 nitrogen and oxygen atoms in total. The summed E-state index contributed by atoms with van der Waals surface area (Å²) in [5, 5.41) is 0. The summed E-state index contributed by atoms with van der Waals surface area (Å²) in [5.41, 5.74) is 0.816. The van der Waals surface area contributed by atoms with Crippen molar-refractivity contribution in [2.45, 2.75) is 80.3 Å². The van der Waals surface area contributed by atoms with Gasteiger partial charge in [-0.15, -0.1) is 13.2 Å². The van der Waals surface area contributed by atoms with E-state index in [4.69, 9.17) is 4.79 Å². The molecule has 154 valence electrons. The van der Waals surface area contributed by atoms with Crippen LogP contribution in [0.4, 0.5) is 13.2 Å². The second-order valence-corrected chi connectivity index (χ2v) is 4.82. The normalized spacial score (nSPS) is 9.88. The topological polar surface area (TPSA) is 29.5 Å². The zero-order valence-electron chi connectivity index (χ0n) is 17.5. The number of aldehydes is 1. The molecule has 0 aliphatic heterocycles. The Kier molecular flexibility index (Phi) is 20.5. The first-order valence-electron chi connectivity index (χ1n) is 9.22. The number of hydrogen-bond acceptors (Lipinski definition) is 3. The van der Waals surface area contributed by atoms with Crippen molar-refractivity contribution < 1.29 is 22.7 Å². The average molecular weight is 380 g/mol. The Balaban J connectivity index is -0.000000663. The molecule has 0 aliphatic rings. The Morgan fingerprint density at radius 3 is 1.96 bits per heavy atom. The van der Waals surface area contributed by atoms with Crippen molar-refractivity contribution in [3.8, 4) is 5.75 Å². The van der Waals surface area contributed by atoms with E-state index in [-0.39, 0.29) is 5.75 Å². The molecule has 0 fully saturated rings. The molecule has 0 N–H and O–H groups in total. The maximum atomic E-state index is 12.1. The Hall–Kier alpha value is -1.56. The van der Waals surface area contributed by atoms with Gasteiger partial charge in [-0.05, 0) is 44.5 Å². The number of carbonyl (C=O) groups is 1. The van der Waals surface area contributed by atoms with Crippen LogP contribution < -0.4 is 4.74 Å². The van der Waals surface area contributed by atoms with Crippen LogP contribution >= 0.6 is 0 Å². The quantitative estimate of drug-likeness (QED) is 0.531. The molecule has 0 saturated carbocycles. The minimum absolute atomic E-state index is 0.164. The highest BCUT2D eigenvalue weighted by molar-refractivity contribution is 5.44. The third-order valence-electron chi connectivity index (χ3n) is 3.13. The Labute approximate surface area is 157 Å². The summed E-state index contributed by atoms with van der Waals surface area (Å²) < 4.78 is 40.3. The average Bonchev–Trinajstić information content (AvgIpc) is 2.59. The van der Waals surface area contributed by atoms with Gasteiger partial charge in [-0.25, -0.2) is 0 Å². The van der Waals surface area contributed by atoms with Crippen LogP contribution in [0.3, 0.4) is 0 Å². The van der Waals surface area contributed by atoms with Crippen LogP contribution in [-0.2, 0) is 11.3 Å². The van der Waals surface area contributed by atoms with Crippen LogP contribution in [0.1, 0.15) is 66.9 Å². The smallest absolute Gasteiger partial charge is 0.406 e. The summed E-state index contributed by atoms with van der Waals surface area (Å²) in [5.74, 6) is -0.164. The van der Waals surface area contributed by atoms with Gasteiger partial charge in [-0.3, -0.25) is 4.90 Å². The van der Waals surface area contributed by atoms with Gasteiger partial charge in [0.2, 0.25) is 0 Å². The molecule has 1 rings (SSSR count). The van der Waals surface area contributed by atoms with Crippen LogP contribution in [0.5, 0.6) is 5.75 Å². The van der Waals surface area contributed by atoms with E-state index in [0.29, 0.717) is 12.6 Å². The van der Waals surface area contributed by atoms with Crippen molar-refractivity contribution in [3.05, 3.63) is 29.8 Å². The predicted molar refractivity (Wildman–Crippen MR) is 103 cm³/mol. The minimum Gasteiger partial charge on any atom is -0.406 e. The van der Waals surface area contributed by atoms with E-state index in [1.165, 1.54) is 19.1 Å². The van der Waals surface area contributed by atoms with Crippen molar-refractivity contribution in [3.63, 3.8) is 0 Å². The van der Waals surface area contributed by atoms with Crippen molar-refractivity contribution in [1.82, 2.24) is 4.90 Å². The lowest BCUT2D eigenvalue weighted by Gasteiger charge is -2.26. The van der Waals surface area contributed by atoms with Gasteiger partial charge in [0.25, 0.3) is 0 Å². The van der Waals surface area contributed by atoms with Gasteiger partial charge in [0.15, 0.2) is 0 Å². The van der Waals surface area contributed by atoms with Crippen LogP contribution in [0, 0.1) is 0 Å². The number of ether oxygens (including phenoxy) is 1. The summed E-state index contributed by atoms with van der Waals surface area (Å²) in [6.07, 6.45) is -1.85. The van der Waals surface area contributed by atoms with Crippen LogP contribution in [-0.4, -0.2) is 30.6 Å². The third kappa shape index (κ3) is 15.9. The summed E-state index contributed by atoms with van der Waals surface area (Å²) in [6.45, 7) is 14.3. The van der Waals surface area contributed by atoms with Gasteiger partial charge >= 0.3 is 6.36 Å². The molecular formula is C20H36F3NO2. The second-order valence-electron chi connectivity index (χ2n) is 4.82. The van der Waals surface area contributed by atoms with E-state index in [1.807, 2.05) is 40.8 Å². The summed E-state index contributed by atoms with van der Waals surface area (Å²) in [6, 6.07) is 6.58. The lowest BCUT2D eigenvalue weighted by Crippen LogP contribution is -2.30. The van der Waals surface area contributed by atoms with Gasteiger partial charge in [0, 0.05) is 12.6 Å². The molecule has 0 amide bonds. The fraction of sp³-hybridized carbons (Fsp3) is 0.650. The number of alkyl halides is 3. The Morgan fingerprint density at radius 2 is 1.58 bits per heavy atom. The van der Waals surface area contributed by atoms with Crippen molar-refractivity contribution in [2.75, 3.05) is 7.05 Å². The van der Waals surface area contributed by atoms with Crippen molar-refractivity contribution in [2.24, 2.45) is 0 Å². The zero-order valence-corrected chi connectivity index (χ0v) is 17.5. The molecule has 0 bridgehead atoms. The molecule has 0 saturated heterocycles. The Bertz CT molecular complexity index is 433. The van der Waals surface area contributed by atoms with Gasteiger partial charge in [-0.1, -0.05) is 53.7 Å². The van der Waals surface area contributed by atoms with Crippen molar-refractivity contribution >= 4 is 6.29 Å². The number of halogens is 3. The summed E-state index contributed by atoms with van der Waals surface area (Å²) >= 11 is 0. The third-order valence-corrected chi connectivity index (χ3v) is 3.13. The molecule has 1 aromatic rings. The predicted octanol–water partition coefficient (Wildman–Crippen LogP) is 6.46. The van der Waals surface area contributed by atoms with Crippen LogP contribution in [0.2, 0.25) is 0 Å². The van der Waals surface area contributed by atoms with Crippen LogP contribution in [0.15, 0.2) is 24.3 Å². The minimum atomic E-state index is -4.64. The standard InChI is InChI=1S/C14H20F3NO.C2H4O.2C2H6/c1-4-12(5-2)18(3)10-11-7-6-8-13(9-11)19-14(15,16)17;1-2-3;2*1-2/h6-9,12H,4-5,10H2,1-3H3;2H,1H3;2*1-2H3. The van der Waals surface area contributed by atoms with E-state index >= 15 is 0 Å². The molecule has 26 heavy (non-hydrogen) atoms. The number of carbonyl (C=O) groups excluding carboxylic acids is 1. The molecule has 0 atom stereocenters. The molecule has 0 unspecified atom stereocenters. The molecule has 0 spiro atoms. The molecule has 0 aliphatic carbocycles. The van der Waals surface area contributed by atoms with Gasteiger partial charge in [0.1, 0.15) is 12.0 Å². The largest absolute Gasteiger partial charge is 0.573 e. The number of benzene rings is 1. The second kappa shape index (κ2) is 18.2. The maximum absolute atomic E-state index is 12.1. The highest BCUT2D eigenvalue weighted by Gasteiger charge is 2.31.